The first-order chi connectivity index (χ1) is 10.6. The lowest BCUT2D eigenvalue weighted by Gasteiger charge is -2.29. The number of methoxy groups -OCH3 is 1. The summed E-state index contributed by atoms with van der Waals surface area (Å²) in [7, 11) is 1.67. The number of amides is 1. The lowest BCUT2D eigenvalue weighted by molar-refractivity contribution is -0.133. The van der Waals surface area contributed by atoms with E-state index in [0.717, 1.165) is 31.7 Å². The van der Waals surface area contributed by atoms with E-state index in [-0.39, 0.29) is 24.4 Å². The van der Waals surface area contributed by atoms with Crippen molar-refractivity contribution >= 4 is 18.3 Å². The molecule has 1 saturated heterocycles. The van der Waals surface area contributed by atoms with Crippen molar-refractivity contribution in [3.63, 3.8) is 0 Å². The summed E-state index contributed by atoms with van der Waals surface area (Å²) in [5.41, 5.74) is 1.23. The van der Waals surface area contributed by atoms with Gasteiger partial charge in [0.2, 0.25) is 5.91 Å². The van der Waals surface area contributed by atoms with Crippen LogP contribution in [0.4, 0.5) is 0 Å². The summed E-state index contributed by atoms with van der Waals surface area (Å²) >= 11 is 0. The van der Waals surface area contributed by atoms with E-state index >= 15 is 0 Å². The molecule has 1 amide bonds. The van der Waals surface area contributed by atoms with Crippen LogP contribution in [0.3, 0.4) is 0 Å². The molecule has 1 heterocycles. The van der Waals surface area contributed by atoms with E-state index in [4.69, 9.17) is 4.74 Å². The van der Waals surface area contributed by atoms with Crippen LogP contribution in [0.2, 0.25) is 0 Å². The fraction of sp³-hybridized carbons (Fsp3) is 0.611. The Bertz CT molecular complexity index is 472. The number of carbonyl (C=O) groups is 1. The molecule has 4 nitrogen and oxygen atoms in total. The summed E-state index contributed by atoms with van der Waals surface area (Å²) in [5.74, 6) is 1.13. The zero-order valence-corrected chi connectivity index (χ0v) is 15.2. The van der Waals surface area contributed by atoms with Crippen LogP contribution < -0.4 is 10.1 Å². The molecule has 1 fully saturated rings. The quantitative estimate of drug-likeness (QED) is 0.829. The van der Waals surface area contributed by atoms with Gasteiger partial charge in [0.15, 0.2) is 0 Å². The average Bonchev–Trinajstić information content (AvgIpc) is 3.01. The zero-order valence-electron chi connectivity index (χ0n) is 14.4. The van der Waals surface area contributed by atoms with E-state index in [9.17, 15) is 4.79 Å². The fourth-order valence-electron chi connectivity index (χ4n) is 3.21. The normalized spacial score (nSPS) is 18.1. The Morgan fingerprint density at radius 3 is 2.61 bits per heavy atom. The molecule has 0 aliphatic carbocycles. The van der Waals surface area contributed by atoms with Gasteiger partial charge in [0.25, 0.3) is 0 Å². The number of rotatable bonds is 7. The molecule has 23 heavy (non-hydrogen) atoms. The number of nitrogens with one attached hydrogen (secondary N) is 1. The maximum absolute atomic E-state index is 12.5. The minimum atomic E-state index is 0. The Labute approximate surface area is 146 Å². The predicted octanol–water partition coefficient (Wildman–Crippen LogP) is 3.04. The van der Waals surface area contributed by atoms with Gasteiger partial charge in [-0.05, 0) is 57.4 Å². The van der Waals surface area contributed by atoms with Gasteiger partial charge in [-0.25, -0.2) is 0 Å². The maximum Gasteiger partial charge on any atom is 0.224 e. The molecular formula is C18H29ClN2O2. The molecule has 1 N–H and O–H groups in total. The summed E-state index contributed by atoms with van der Waals surface area (Å²) < 4.78 is 5.18. The summed E-state index contributed by atoms with van der Waals surface area (Å²) in [6, 6.07) is 8.69. The third-order valence-electron chi connectivity index (χ3n) is 4.47. The summed E-state index contributed by atoms with van der Waals surface area (Å²) in [4.78, 5) is 14.5. The molecule has 0 aromatic heterocycles. The molecule has 0 bridgehead atoms. The van der Waals surface area contributed by atoms with Crippen LogP contribution in [0.1, 0.15) is 38.7 Å². The highest BCUT2D eigenvalue weighted by Crippen LogP contribution is 2.16. The van der Waals surface area contributed by atoms with E-state index in [1.807, 2.05) is 17.0 Å². The van der Waals surface area contributed by atoms with Gasteiger partial charge >= 0.3 is 0 Å². The van der Waals surface area contributed by atoms with Gasteiger partial charge in [0, 0.05) is 25.0 Å². The topological polar surface area (TPSA) is 41.6 Å². The van der Waals surface area contributed by atoms with Crippen LogP contribution in [-0.4, -0.2) is 43.1 Å². The number of halogens is 1. The van der Waals surface area contributed by atoms with E-state index in [0.29, 0.717) is 12.5 Å². The van der Waals surface area contributed by atoms with Gasteiger partial charge in [0.05, 0.1) is 7.11 Å². The highest BCUT2D eigenvalue weighted by Gasteiger charge is 2.23. The van der Waals surface area contributed by atoms with Crippen molar-refractivity contribution in [3.8, 4) is 5.75 Å². The Morgan fingerprint density at radius 1 is 1.39 bits per heavy atom. The number of nitrogens with zero attached hydrogens (tertiary/aromatic N) is 1. The van der Waals surface area contributed by atoms with Crippen molar-refractivity contribution in [2.24, 2.45) is 0 Å². The van der Waals surface area contributed by atoms with Crippen molar-refractivity contribution < 1.29 is 9.53 Å². The van der Waals surface area contributed by atoms with E-state index in [2.05, 4.69) is 31.3 Å². The van der Waals surface area contributed by atoms with Crippen LogP contribution in [-0.2, 0) is 11.2 Å². The average molecular weight is 341 g/mol. The van der Waals surface area contributed by atoms with E-state index in [1.54, 1.807) is 7.11 Å². The molecule has 1 aromatic rings. The second-order valence-electron chi connectivity index (χ2n) is 6.08. The highest BCUT2D eigenvalue weighted by molar-refractivity contribution is 5.85. The Hall–Kier alpha value is -1.26. The minimum Gasteiger partial charge on any atom is -0.497 e. The lowest BCUT2D eigenvalue weighted by atomic mass is 10.0. The Balaban J connectivity index is 0.00000264. The second-order valence-corrected chi connectivity index (χ2v) is 6.08. The first-order valence-electron chi connectivity index (χ1n) is 8.29. The largest absolute Gasteiger partial charge is 0.497 e. The molecular weight excluding hydrogens is 312 g/mol. The van der Waals surface area contributed by atoms with Crippen LogP contribution >= 0.6 is 12.4 Å². The summed E-state index contributed by atoms with van der Waals surface area (Å²) in [6.45, 7) is 6.01. The maximum atomic E-state index is 12.5. The monoisotopic (exact) mass is 340 g/mol. The second kappa shape index (κ2) is 9.78. The van der Waals surface area contributed by atoms with Crippen molar-refractivity contribution in [1.82, 2.24) is 10.2 Å². The molecule has 2 rings (SSSR count). The molecule has 1 aliphatic rings. The number of benzene rings is 1. The Kier molecular flexibility index (Phi) is 8.42. The van der Waals surface area contributed by atoms with Gasteiger partial charge < -0.3 is 15.0 Å². The molecule has 5 heteroatoms. The van der Waals surface area contributed by atoms with Crippen molar-refractivity contribution in [1.29, 1.82) is 0 Å². The van der Waals surface area contributed by atoms with E-state index < -0.39 is 0 Å². The van der Waals surface area contributed by atoms with Gasteiger partial charge in [0.1, 0.15) is 5.75 Å². The number of ether oxygens (including phenoxy) is 1. The SMILES string of the molecule is CCN(C(=O)CC1CCCN1)C(C)Cc1ccc(OC)cc1.Cl. The predicted molar refractivity (Wildman–Crippen MR) is 96.4 cm³/mol. The minimum absolute atomic E-state index is 0. The smallest absolute Gasteiger partial charge is 0.224 e. The molecule has 2 atom stereocenters. The van der Waals surface area contributed by atoms with Gasteiger partial charge in [-0.3, -0.25) is 4.79 Å². The molecule has 130 valence electrons. The zero-order chi connectivity index (χ0) is 15.9. The van der Waals surface area contributed by atoms with Gasteiger partial charge in [-0.1, -0.05) is 12.1 Å². The number of hydrogen-bond donors (Lipinski definition) is 1. The van der Waals surface area contributed by atoms with Gasteiger partial charge in [-0.15, -0.1) is 12.4 Å². The molecule has 1 aromatic carbocycles. The number of likely N-dealkylation sites (N-methyl/N-ethyl adjacent to an activating group) is 1. The van der Waals surface area contributed by atoms with Crippen molar-refractivity contribution in [2.45, 2.75) is 51.6 Å². The molecule has 0 saturated carbocycles. The van der Waals surface area contributed by atoms with Gasteiger partial charge in [-0.2, -0.15) is 0 Å². The first kappa shape index (κ1) is 19.8. The third kappa shape index (κ3) is 5.70. The van der Waals surface area contributed by atoms with Crippen LogP contribution in [0.5, 0.6) is 5.75 Å². The first-order valence-corrected chi connectivity index (χ1v) is 8.29. The Morgan fingerprint density at radius 2 is 2.09 bits per heavy atom. The van der Waals surface area contributed by atoms with E-state index in [1.165, 1.54) is 12.0 Å². The summed E-state index contributed by atoms with van der Waals surface area (Å²) in [6.07, 6.45) is 3.81. The van der Waals surface area contributed by atoms with Crippen LogP contribution in [0.15, 0.2) is 24.3 Å². The summed E-state index contributed by atoms with van der Waals surface area (Å²) in [5, 5.41) is 3.41. The lowest BCUT2D eigenvalue weighted by Crippen LogP contribution is -2.42. The van der Waals surface area contributed by atoms with Crippen LogP contribution in [0, 0.1) is 0 Å². The molecule has 2 unspecified atom stereocenters. The number of carbonyl (C=O) groups excluding carboxylic acids is 1. The highest BCUT2D eigenvalue weighted by atomic mass is 35.5. The number of hydrogen-bond acceptors (Lipinski definition) is 3. The molecule has 0 radical (unpaired) electrons. The van der Waals surface area contributed by atoms with Crippen molar-refractivity contribution in [3.05, 3.63) is 29.8 Å². The third-order valence-corrected chi connectivity index (χ3v) is 4.47. The van der Waals surface area contributed by atoms with Crippen molar-refractivity contribution in [2.75, 3.05) is 20.2 Å². The fourth-order valence-corrected chi connectivity index (χ4v) is 3.21. The molecule has 1 aliphatic heterocycles. The standard InChI is InChI=1S/C18H28N2O2.ClH/c1-4-20(18(21)13-16-6-5-11-19-16)14(2)12-15-7-9-17(22-3)10-8-15;/h7-10,14,16,19H,4-6,11-13H2,1-3H3;1H. The molecule has 0 spiro atoms. The van der Waals surface area contributed by atoms with Crippen LogP contribution in [0.25, 0.3) is 0 Å².